The van der Waals surface area contributed by atoms with Gasteiger partial charge in [0.15, 0.2) is 5.82 Å². The lowest BCUT2D eigenvalue weighted by Gasteiger charge is -2.14. The van der Waals surface area contributed by atoms with Gasteiger partial charge in [0.1, 0.15) is 18.2 Å². The van der Waals surface area contributed by atoms with E-state index < -0.39 is 0 Å². The Morgan fingerprint density at radius 3 is 2.62 bits per heavy atom. The molecule has 0 unspecified atom stereocenters. The average Bonchev–Trinajstić information content (AvgIpc) is 2.47. The number of nitrogen functional groups attached to an aromatic ring is 1. The zero-order chi connectivity index (χ0) is 15.2. The van der Waals surface area contributed by atoms with Crippen LogP contribution in [0.25, 0.3) is 0 Å². The molecule has 1 heterocycles. The molecule has 0 aliphatic rings. The van der Waals surface area contributed by atoms with Crippen molar-refractivity contribution >= 4 is 23.0 Å². The molecule has 0 saturated heterocycles. The van der Waals surface area contributed by atoms with Gasteiger partial charge in [0.2, 0.25) is 0 Å². The summed E-state index contributed by atoms with van der Waals surface area (Å²) in [5.41, 5.74) is 4.56. The Balaban J connectivity index is 2.25. The number of methoxy groups -OCH3 is 1. The van der Waals surface area contributed by atoms with Crippen LogP contribution in [0, 0.1) is 0 Å². The van der Waals surface area contributed by atoms with E-state index >= 15 is 0 Å². The zero-order valence-corrected chi connectivity index (χ0v) is 12.4. The summed E-state index contributed by atoms with van der Waals surface area (Å²) in [6.07, 6.45) is 0. The molecule has 0 bridgehead atoms. The highest BCUT2D eigenvalue weighted by molar-refractivity contribution is 5.64. The van der Waals surface area contributed by atoms with Crippen LogP contribution in [0.5, 0.6) is 0 Å². The van der Waals surface area contributed by atoms with Gasteiger partial charge in [-0.15, -0.1) is 0 Å². The van der Waals surface area contributed by atoms with E-state index in [4.69, 9.17) is 10.6 Å². The molecule has 1 aromatic carbocycles. The van der Waals surface area contributed by atoms with Crippen LogP contribution in [0.15, 0.2) is 30.3 Å². The molecular formula is C14H20N6O. The molecule has 0 spiro atoms. The van der Waals surface area contributed by atoms with Gasteiger partial charge < -0.3 is 20.4 Å². The fraction of sp³-hybridized carbons (Fsp3) is 0.286. The Kier molecular flexibility index (Phi) is 4.91. The quantitative estimate of drug-likeness (QED) is 0.551. The number of hydrogen-bond acceptors (Lipinski definition) is 7. The summed E-state index contributed by atoms with van der Waals surface area (Å²) in [5.74, 6) is 7.16. The third-order valence-corrected chi connectivity index (χ3v) is 2.83. The van der Waals surface area contributed by atoms with Crippen molar-refractivity contribution in [1.82, 2.24) is 9.97 Å². The Morgan fingerprint density at radius 2 is 1.95 bits per heavy atom. The van der Waals surface area contributed by atoms with E-state index in [1.54, 1.807) is 13.2 Å². The summed E-state index contributed by atoms with van der Waals surface area (Å²) in [6, 6.07) is 9.77. The summed E-state index contributed by atoms with van der Waals surface area (Å²) in [5, 5.41) is 3.24. The standard InChI is InChI=1S/C14H20N6O/c1-20(2)11-6-4-5-10(7-11)16-12-8-13(19-15)18-14(17-12)9-21-3/h4-8H,9,15H2,1-3H3,(H2,16,17,18,19). The highest BCUT2D eigenvalue weighted by Crippen LogP contribution is 2.21. The predicted molar refractivity (Wildman–Crippen MR) is 84.6 cm³/mol. The molecule has 0 atom stereocenters. The molecule has 2 rings (SSSR count). The maximum Gasteiger partial charge on any atom is 0.158 e. The second-order valence-corrected chi connectivity index (χ2v) is 4.70. The van der Waals surface area contributed by atoms with Gasteiger partial charge in [0, 0.05) is 38.6 Å². The lowest BCUT2D eigenvalue weighted by molar-refractivity contribution is 0.178. The normalized spacial score (nSPS) is 10.3. The van der Waals surface area contributed by atoms with Crippen LogP contribution in [0.2, 0.25) is 0 Å². The second-order valence-electron chi connectivity index (χ2n) is 4.70. The molecule has 1 aromatic heterocycles. The number of ether oxygens (including phenoxy) is 1. The Morgan fingerprint density at radius 1 is 1.19 bits per heavy atom. The number of nitrogens with zero attached hydrogens (tertiary/aromatic N) is 3. The van der Waals surface area contributed by atoms with E-state index in [0.717, 1.165) is 11.4 Å². The van der Waals surface area contributed by atoms with E-state index in [1.165, 1.54) is 0 Å². The SMILES string of the molecule is COCc1nc(NN)cc(Nc2cccc(N(C)C)c2)n1. The topological polar surface area (TPSA) is 88.3 Å². The van der Waals surface area contributed by atoms with E-state index in [1.807, 2.05) is 43.3 Å². The van der Waals surface area contributed by atoms with Crippen molar-refractivity contribution in [1.29, 1.82) is 0 Å². The molecular weight excluding hydrogens is 268 g/mol. The first kappa shape index (κ1) is 15.0. The minimum absolute atomic E-state index is 0.321. The molecule has 112 valence electrons. The van der Waals surface area contributed by atoms with E-state index in [-0.39, 0.29) is 0 Å². The molecule has 0 saturated carbocycles. The molecule has 0 amide bonds. The highest BCUT2D eigenvalue weighted by Gasteiger charge is 2.05. The number of hydrogen-bond donors (Lipinski definition) is 3. The maximum atomic E-state index is 5.43. The first-order valence-corrected chi connectivity index (χ1v) is 6.50. The summed E-state index contributed by atoms with van der Waals surface area (Å²) in [7, 11) is 5.59. The van der Waals surface area contributed by atoms with E-state index in [2.05, 4.69) is 20.7 Å². The van der Waals surface area contributed by atoms with Crippen molar-refractivity contribution in [2.24, 2.45) is 5.84 Å². The zero-order valence-electron chi connectivity index (χ0n) is 12.4. The molecule has 2 aromatic rings. The highest BCUT2D eigenvalue weighted by atomic mass is 16.5. The lowest BCUT2D eigenvalue weighted by Crippen LogP contribution is -2.12. The van der Waals surface area contributed by atoms with Crippen LogP contribution in [0.1, 0.15) is 5.82 Å². The fourth-order valence-electron chi connectivity index (χ4n) is 1.84. The number of hydrazine groups is 1. The van der Waals surface area contributed by atoms with Gasteiger partial charge in [-0.05, 0) is 18.2 Å². The number of rotatable bonds is 6. The minimum Gasteiger partial charge on any atom is -0.378 e. The summed E-state index contributed by atoms with van der Waals surface area (Å²) < 4.78 is 5.06. The molecule has 0 radical (unpaired) electrons. The summed E-state index contributed by atoms with van der Waals surface area (Å²) >= 11 is 0. The van der Waals surface area contributed by atoms with Gasteiger partial charge in [-0.2, -0.15) is 0 Å². The van der Waals surface area contributed by atoms with Crippen LogP contribution in [0.4, 0.5) is 23.0 Å². The molecule has 4 N–H and O–H groups in total. The molecule has 21 heavy (non-hydrogen) atoms. The average molecular weight is 288 g/mol. The first-order chi connectivity index (χ1) is 10.1. The number of nitrogens with one attached hydrogen (secondary N) is 2. The van der Waals surface area contributed by atoms with E-state index in [9.17, 15) is 0 Å². The third-order valence-electron chi connectivity index (χ3n) is 2.83. The van der Waals surface area contributed by atoms with Crippen LogP contribution < -0.4 is 21.5 Å². The van der Waals surface area contributed by atoms with Crippen LogP contribution >= 0.6 is 0 Å². The summed E-state index contributed by atoms with van der Waals surface area (Å²) in [6.45, 7) is 0.321. The minimum atomic E-state index is 0.321. The van der Waals surface area contributed by atoms with Gasteiger partial charge in [0.05, 0.1) is 0 Å². The van der Waals surface area contributed by atoms with Crippen LogP contribution in [0.3, 0.4) is 0 Å². The first-order valence-electron chi connectivity index (χ1n) is 6.50. The smallest absolute Gasteiger partial charge is 0.158 e. The number of nitrogens with two attached hydrogens (primary N) is 1. The maximum absolute atomic E-state index is 5.43. The van der Waals surface area contributed by atoms with Crippen LogP contribution in [-0.4, -0.2) is 31.2 Å². The van der Waals surface area contributed by atoms with Crippen molar-refractivity contribution < 1.29 is 4.74 Å². The Bertz CT molecular complexity index is 602. The number of benzene rings is 1. The van der Waals surface area contributed by atoms with E-state index in [0.29, 0.717) is 24.1 Å². The second kappa shape index (κ2) is 6.87. The van der Waals surface area contributed by atoms with Crippen molar-refractivity contribution in [2.45, 2.75) is 6.61 Å². The van der Waals surface area contributed by atoms with Crippen molar-refractivity contribution in [3.8, 4) is 0 Å². The van der Waals surface area contributed by atoms with Crippen LogP contribution in [-0.2, 0) is 11.3 Å². The molecule has 7 nitrogen and oxygen atoms in total. The third kappa shape index (κ3) is 4.04. The summed E-state index contributed by atoms with van der Waals surface area (Å²) in [4.78, 5) is 10.6. The number of aromatic nitrogens is 2. The molecule has 7 heteroatoms. The Labute approximate surface area is 124 Å². The molecule has 0 aliphatic heterocycles. The van der Waals surface area contributed by atoms with Gasteiger partial charge >= 0.3 is 0 Å². The van der Waals surface area contributed by atoms with Gasteiger partial charge in [0.25, 0.3) is 0 Å². The fourth-order valence-corrected chi connectivity index (χ4v) is 1.84. The number of anilines is 4. The van der Waals surface area contributed by atoms with Gasteiger partial charge in [-0.25, -0.2) is 15.8 Å². The van der Waals surface area contributed by atoms with Crippen molar-refractivity contribution in [3.63, 3.8) is 0 Å². The van der Waals surface area contributed by atoms with Gasteiger partial charge in [-0.1, -0.05) is 6.07 Å². The van der Waals surface area contributed by atoms with Gasteiger partial charge in [-0.3, -0.25) is 0 Å². The van der Waals surface area contributed by atoms with Crippen molar-refractivity contribution in [2.75, 3.05) is 36.8 Å². The molecule has 0 fully saturated rings. The predicted octanol–water partition coefficient (Wildman–Crippen LogP) is 1.72. The molecule has 0 aliphatic carbocycles. The lowest BCUT2D eigenvalue weighted by atomic mass is 10.2. The Hall–Kier alpha value is -2.38. The largest absolute Gasteiger partial charge is 0.378 e. The monoisotopic (exact) mass is 288 g/mol. The van der Waals surface area contributed by atoms with Crippen molar-refractivity contribution in [3.05, 3.63) is 36.2 Å².